The predicted molar refractivity (Wildman–Crippen MR) is 123 cm³/mol. The number of hydrogen-bond acceptors (Lipinski definition) is 7. The molecule has 184 valence electrons. The number of hydrogen-bond donors (Lipinski definition) is 1. The second kappa shape index (κ2) is 9.57. The average molecular weight is 506 g/mol. The number of carbonyl (C=O) groups excluding carboxylic acids is 2. The second-order valence-corrected chi connectivity index (χ2v) is 8.60. The molecule has 0 spiro atoms. The molecule has 1 aliphatic heterocycles. The number of fused-ring (bicyclic) bond motifs is 1. The predicted octanol–water partition coefficient (Wildman–Crippen LogP) is 4.84. The van der Waals surface area contributed by atoms with Crippen LogP contribution in [0.2, 0.25) is 0 Å². The zero-order valence-electron chi connectivity index (χ0n) is 19.4. The van der Waals surface area contributed by atoms with E-state index in [9.17, 15) is 22.8 Å². The number of carbonyl (C=O) groups is 2. The molecule has 35 heavy (non-hydrogen) atoms. The first kappa shape index (κ1) is 24.5. The molecular weight excluding hydrogens is 483 g/mol. The van der Waals surface area contributed by atoms with E-state index in [0.29, 0.717) is 28.5 Å². The quantitative estimate of drug-likeness (QED) is 0.381. The third-order valence-electron chi connectivity index (χ3n) is 5.59. The Morgan fingerprint density at radius 3 is 2.14 bits per heavy atom. The Morgan fingerprint density at radius 2 is 1.57 bits per heavy atom. The first-order valence-electron chi connectivity index (χ1n) is 10.8. The summed E-state index contributed by atoms with van der Waals surface area (Å²) in [7, 11) is 0. The van der Waals surface area contributed by atoms with Crippen LogP contribution in [0.3, 0.4) is 0 Å². The van der Waals surface area contributed by atoms with E-state index in [1.165, 1.54) is 11.3 Å². The first-order valence-corrected chi connectivity index (χ1v) is 11.7. The number of esters is 2. The van der Waals surface area contributed by atoms with Crippen molar-refractivity contribution in [2.24, 2.45) is 0 Å². The number of rotatable bonds is 6. The van der Waals surface area contributed by atoms with Crippen molar-refractivity contribution in [3.8, 4) is 11.3 Å². The number of thiazole rings is 1. The van der Waals surface area contributed by atoms with Crippen molar-refractivity contribution in [1.29, 1.82) is 0 Å². The van der Waals surface area contributed by atoms with Crippen molar-refractivity contribution in [3.05, 3.63) is 69.4 Å². The van der Waals surface area contributed by atoms with Crippen LogP contribution in [0.25, 0.3) is 16.2 Å². The number of allylic oxidation sites excluding steroid dienone is 2. The topological polar surface area (TPSA) is 81.9 Å². The van der Waals surface area contributed by atoms with Crippen molar-refractivity contribution in [2.45, 2.75) is 33.6 Å². The van der Waals surface area contributed by atoms with Gasteiger partial charge in [-0.25, -0.2) is 27.7 Å². The van der Waals surface area contributed by atoms with Gasteiger partial charge in [0.2, 0.25) is 0 Å². The van der Waals surface area contributed by atoms with E-state index in [2.05, 4.69) is 10.3 Å². The van der Waals surface area contributed by atoms with Gasteiger partial charge in [-0.3, -0.25) is 4.40 Å². The van der Waals surface area contributed by atoms with Gasteiger partial charge in [-0.1, -0.05) is 0 Å². The zero-order valence-corrected chi connectivity index (χ0v) is 20.2. The Labute approximate surface area is 202 Å². The molecule has 7 nitrogen and oxygen atoms in total. The van der Waals surface area contributed by atoms with Crippen LogP contribution < -0.4 is 5.32 Å². The van der Waals surface area contributed by atoms with Crippen LogP contribution >= 0.6 is 11.3 Å². The van der Waals surface area contributed by atoms with Gasteiger partial charge < -0.3 is 14.8 Å². The molecule has 0 atom stereocenters. The van der Waals surface area contributed by atoms with Crippen LogP contribution in [0.4, 0.5) is 13.2 Å². The van der Waals surface area contributed by atoms with Crippen LogP contribution in [0, 0.1) is 17.5 Å². The van der Waals surface area contributed by atoms with Crippen molar-refractivity contribution in [2.75, 3.05) is 13.2 Å². The van der Waals surface area contributed by atoms with Gasteiger partial charge in [0, 0.05) is 34.6 Å². The molecule has 1 aliphatic rings. The molecule has 0 fully saturated rings. The number of ether oxygens (including phenoxy) is 2. The summed E-state index contributed by atoms with van der Waals surface area (Å²) >= 11 is 1.22. The fourth-order valence-electron chi connectivity index (χ4n) is 4.21. The average Bonchev–Trinajstić information content (AvgIpc) is 3.37. The Balaban J connectivity index is 2.07. The van der Waals surface area contributed by atoms with Gasteiger partial charge in [-0.15, -0.1) is 11.3 Å². The minimum Gasteiger partial charge on any atom is -0.463 e. The summed E-state index contributed by atoms with van der Waals surface area (Å²) in [5, 5.41) is 4.75. The molecular formula is C24H22F3N3O4S. The van der Waals surface area contributed by atoms with Crippen molar-refractivity contribution >= 4 is 28.2 Å². The molecule has 3 heterocycles. The standard InChI is InChI=1S/C24H22F3N3O4S/c1-5-33-22(31)17-11(3)28-12(4)18(23(32)34-6-2)19(17)21-20(29-24-30(21)7-8-35-24)13-9-15(26)16(27)10-14(13)25/h7-10,19,28H,5-6H2,1-4H3. The fraction of sp³-hybridized carbons (Fsp3) is 0.292. The van der Waals surface area contributed by atoms with E-state index in [1.54, 1.807) is 43.7 Å². The van der Waals surface area contributed by atoms with Crippen LogP contribution in [-0.4, -0.2) is 34.5 Å². The highest BCUT2D eigenvalue weighted by Crippen LogP contribution is 2.44. The monoisotopic (exact) mass is 505 g/mol. The third-order valence-corrected chi connectivity index (χ3v) is 6.35. The summed E-state index contributed by atoms with van der Waals surface area (Å²) in [4.78, 5) is 31.1. The lowest BCUT2D eigenvalue weighted by Gasteiger charge is -2.30. The minimum absolute atomic E-state index is 0.0376. The highest BCUT2D eigenvalue weighted by atomic mass is 32.1. The van der Waals surface area contributed by atoms with Gasteiger partial charge in [-0.2, -0.15) is 0 Å². The number of dihydropyridines is 1. The van der Waals surface area contributed by atoms with Crippen molar-refractivity contribution in [3.63, 3.8) is 0 Å². The Hall–Kier alpha value is -3.60. The van der Waals surface area contributed by atoms with Crippen LogP contribution in [-0.2, 0) is 19.1 Å². The van der Waals surface area contributed by atoms with E-state index in [1.807, 2.05) is 0 Å². The molecule has 0 amide bonds. The Morgan fingerprint density at radius 1 is 1.00 bits per heavy atom. The lowest BCUT2D eigenvalue weighted by molar-refractivity contribution is -0.139. The molecule has 3 aromatic rings. The van der Waals surface area contributed by atoms with Gasteiger partial charge in [0.25, 0.3) is 0 Å². The van der Waals surface area contributed by atoms with Crippen molar-refractivity contribution < 1.29 is 32.2 Å². The fourth-order valence-corrected chi connectivity index (χ4v) is 4.93. The number of halogens is 3. The smallest absolute Gasteiger partial charge is 0.336 e. The van der Waals surface area contributed by atoms with E-state index < -0.39 is 35.3 Å². The lowest BCUT2D eigenvalue weighted by Crippen LogP contribution is -2.33. The van der Waals surface area contributed by atoms with E-state index in [0.717, 1.165) is 0 Å². The highest BCUT2D eigenvalue weighted by molar-refractivity contribution is 7.15. The summed E-state index contributed by atoms with van der Waals surface area (Å²) < 4.78 is 55.0. The third kappa shape index (κ3) is 4.20. The molecule has 1 N–H and O–H groups in total. The maximum absolute atomic E-state index is 14.9. The second-order valence-electron chi connectivity index (χ2n) is 7.72. The maximum atomic E-state index is 14.9. The number of benzene rings is 1. The van der Waals surface area contributed by atoms with Crippen LogP contribution in [0.5, 0.6) is 0 Å². The summed E-state index contributed by atoms with van der Waals surface area (Å²) in [6.07, 6.45) is 1.64. The highest BCUT2D eigenvalue weighted by Gasteiger charge is 2.41. The van der Waals surface area contributed by atoms with Gasteiger partial charge in [0.15, 0.2) is 16.6 Å². The molecule has 0 radical (unpaired) electrons. The van der Waals surface area contributed by atoms with Crippen molar-refractivity contribution in [1.82, 2.24) is 14.7 Å². The summed E-state index contributed by atoms with van der Waals surface area (Å²) in [6.45, 7) is 6.73. The number of nitrogens with zero attached hydrogens (tertiary/aromatic N) is 2. The van der Waals surface area contributed by atoms with Crippen LogP contribution in [0.1, 0.15) is 39.3 Å². The Kier molecular flexibility index (Phi) is 6.70. The molecule has 0 unspecified atom stereocenters. The molecule has 2 aromatic heterocycles. The summed E-state index contributed by atoms with van der Waals surface area (Å²) in [5.74, 6) is -6.13. The first-order chi connectivity index (χ1) is 16.7. The van der Waals surface area contributed by atoms with Gasteiger partial charge in [0.05, 0.1) is 41.7 Å². The van der Waals surface area contributed by atoms with E-state index in [-0.39, 0.29) is 41.3 Å². The van der Waals surface area contributed by atoms with Gasteiger partial charge >= 0.3 is 11.9 Å². The molecule has 11 heteroatoms. The largest absolute Gasteiger partial charge is 0.463 e. The normalized spacial score (nSPS) is 14.5. The lowest BCUT2D eigenvalue weighted by atomic mass is 9.81. The molecule has 0 aliphatic carbocycles. The molecule has 0 saturated heterocycles. The number of imidazole rings is 1. The van der Waals surface area contributed by atoms with E-state index in [4.69, 9.17) is 9.47 Å². The number of nitrogens with one attached hydrogen (secondary N) is 1. The van der Waals surface area contributed by atoms with Gasteiger partial charge in [0.1, 0.15) is 5.82 Å². The maximum Gasteiger partial charge on any atom is 0.336 e. The van der Waals surface area contributed by atoms with Crippen LogP contribution in [0.15, 0.2) is 46.2 Å². The molecule has 0 bridgehead atoms. The number of aromatic nitrogens is 2. The molecule has 1 aromatic carbocycles. The van der Waals surface area contributed by atoms with E-state index >= 15 is 0 Å². The SMILES string of the molecule is CCOC(=O)C1=C(C)NC(C)=C(C(=O)OCC)C1c1c(-c2cc(F)c(F)cc2F)nc2sccn12. The summed E-state index contributed by atoms with van der Waals surface area (Å²) in [5.41, 5.74) is 0.897. The molecule has 0 saturated carbocycles. The molecule has 4 rings (SSSR count). The Bertz CT molecular complexity index is 1370. The summed E-state index contributed by atoms with van der Waals surface area (Å²) in [6, 6.07) is 1.15. The zero-order chi connectivity index (χ0) is 25.4. The van der Waals surface area contributed by atoms with Gasteiger partial charge in [-0.05, 0) is 33.8 Å². The minimum atomic E-state index is -1.35.